The lowest BCUT2D eigenvalue weighted by atomic mass is 9.65. The smallest absolute Gasteiger partial charge is 0.248 e. The summed E-state index contributed by atoms with van der Waals surface area (Å²) in [5, 5.41) is 8.75. The predicted molar refractivity (Wildman–Crippen MR) is 88.1 cm³/mol. The number of nitrogens with zero attached hydrogens (tertiary/aromatic N) is 1. The summed E-state index contributed by atoms with van der Waals surface area (Å²) in [5.41, 5.74) is 0.328. The summed E-state index contributed by atoms with van der Waals surface area (Å²) in [5.74, 6) is -3.92. The van der Waals surface area contributed by atoms with Crippen LogP contribution in [0.25, 0.3) is 0 Å². The molecule has 0 radical (unpaired) electrons. The van der Waals surface area contributed by atoms with E-state index in [2.05, 4.69) is 10.3 Å². The van der Waals surface area contributed by atoms with Crippen LogP contribution in [0.1, 0.15) is 40.0 Å². The van der Waals surface area contributed by atoms with E-state index in [-0.39, 0.29) is 23.7 Å². The molecule has 1 fully saturated rings. The van der Waals surface area contributed by atoms with Gasteiger partial charge in [0.05, 0.1) is 0 Å². The monoisotopic (exact) mass is 343 g/mol. The van der Waals surface area contributed by atoms with Gasteiger partial charge < -0.3 is 5.32 Å². The van der Waals surface area contributed by atoms with Gasteiger partial charge in [0.1, 0.15) is 5.03 Å². The number of hydrogen-bond acceptors (Lipinski definition) is 4. The van der Waals surface area contributed by atoms with E-state index < -0.39 is 18.3 Å². The number of aromatic nitrogens is 1. The number of amides is 1. The van der Waals surface area contributed by atoms with E-state index in [9.17, 15) is 13.6 Å². The molecule has 1 heterocycles. The van der Waals surface area contributed by atoms with Gasteiger partial charge in [0.15, 0.2) is 0 Å². The zero-order valence-electron chi connectivity index (χ0n) is 13.6. The van der Waals surface area contributed by atoms with E-state index in [0.717, 1.165) is 11.9 Å². The lowest BCUT2D eigenvalue weighted by Gasteiger charge is -2.42. The number of nitrogens with one attached hydrogen (secondary N) is 1. The summed E-state index contributed by atoms with van der Waals surface area (Å²) in [4.78, 5) is 16.6. The largest absolute Gasteiger partial charge is 0.326 e. The van der Waals surface area contributed by atoms with Crippen molar-refractivity contribution < 1.29 is 13.6 Å². The molecule has 0 spiro atoms. The number of hydrogen-bond donors (Lipinski definition) is 2. The second-order valence-corrected chi connectivity index (χ2v) is 7.82. The second-order valence-electron chi connectivity index (χ2n) is 7.17. The fourth-order valence-corrected chi connectivity index (χ4v) is 3.55. The number of pyridine rings is 1. The third-order valence-electron chi connectivity index (χ3n) is 4.40. The molecule has 4 nitrogen and oxygen atoms in total. The highest BCUT2D eigenvalue weighted by Crippen LogP contribution is 2.47. The number of nitrogens with two attached hydrogens (primary N) is 1. The van der Waals surface area contributed by atoms with Crippen LogP contribution in [-0.2, 0) is 4.79 Å². The number of carbonyl (C=O) groups is 1. The van der Waals surface area contributed by atoms with Crippen molar-refractivity contribution in [1.29, 1.82) is 0 Å². The minimum atomic E-state index is -2.78. The molecule has 0 aliphatic heterocycles. The quantitative estimate of drug-likeness (QED) is 0.811. The lowest BCUT2D eigenvalue weighted by molar-refractivity contribution is -0.136. The molecule has 1 aromatic heterocycles. The molecule has 128 valence electrons. The first-order valence-corrected chi connectivity index (χ1v) is 8.52. The molecule has 1 aliphatic carbocycles. The maximum absolute atomic E-state index is 13.8. The molecular formula is C16H23F2N3OS. The first-order valence-electron chi connectivity index (χ1n) is 7.64. The Balaban J connectivity index is 2.19. The van der Waals surface area contributed by atoms with Crippen LogP contribution in [0.4, 0.5) is 14.5 Å². The van der Waals surface area contributed by atoms with Crippen molar-refractivity contribution >= 4 is 23.5 Å². The maximum Gasteiger partial charge on any atom is 0.248 e. The highest BCUT2D eigenvalue weighted by atomic mass is 32.2. The highest BCUT2D eigenvalue weighted by molar-refractivity contribution is 7.97. The lowest BCUT2D eigenvalue weighted by Crippen LogP contribution is -2.44. The molecule has 2 rings (SSSR count). The van der Waals surface area contributed by atoms with Gasteiger partial charge in [0, 0.05) is 30.6 Å². The molecule has 2 atom stereocenters. The van der Waals surface area contributed by atoms with Crippen LogP contribution in [0.2, 0.25) is 0 Å². The molecule has 1 saturated carbocycles. The molecule has 0 bridgehead atoms. The van der Waals surface area contributed by atoms with Gasteiger partial charge in [-0.1, -0.05) is 20.8 Å². The van der Waals surface area contributed by atoms with Gasteiger partial charge in [-0.25, -0.2) is 13.8 Å². The fourth-order valence-electron chi connectivity index (χ4n) is 3.23. The van der Waals surface area contributed by atoms with Crippen LogP contribution in [0.15, 0.2) is 23.4 Å². The molecule has 1 aliphatic rings. The van der Waals surface area contributed by atoms with Crippen molar-refractivity contribution in [2.75, 3.05) is 5.32 Å². The Hall–Kier alpha value is -1.21. The van der Waals surface area contributed by atoms with E-state index in [1.165, 1.54) is 6.20 Å². The zero-order chi connectivity index (χ0) is 17.3. The first-order chi connectivity index (χ1) is 10.6. The van der Waals surface area contributed by atoms with Gasteiger partial charge in [0.25, 0.3) is 0 Å². The van der Waals surface area contributed by atoms with E-state index in [1.54, 1.807) is 12.1 Å². The van der Waals surface area contributed by atoms with Crippen LogP contribution in [0.3, 0.4) is 0 Å². The van der Waals surface area contributed by atoms with Crippen molar-refractivity contribution in [3.8, 4) is 0 Å². The highest BCUT2D eigenvalue weighted by Gasteiger charge is 2.48. The Morgan fingerprint density at radius 1 is 1.48 bits per heavy atom. The molecule has 1 amide bonds. The van der Waals surface area contributed by atoms with Crippen molar-refractivity contribution in [2.24, 2.45) is 22.4 Å². The SMILES string of the molecule is CC(C)(C)[C@@H]1CCC(F)(F)C[C@H]1C(=O)Nc1ccnc(SN)c1. The minimum Gasteiger partial charge on any atom is -0.326 e. The van der Waals surface area contributed by atoms with Gasteiger partial charge in [-0.2, -0.15) is 0 Å². The van der Waals surface area contributed by atoms with E-state index >= 15 is 0 Å². The summed E-state index contributed by atoms with van der Waals surface area (Å²) in [7, 11) is 0. The van der Waals surface area contributed by atoms with Gasteiger partial charge in [-0.15, -0.1) is 0 Å². The Labute approximate surface area is 139 Å². The number of alkyl halides is 2. The molecule has 0 saturated heterocycles. The minimum absolute atomic E-state index is 0.0766. The summed E-state index contributed by atoms with van der Waals surface area (Å²) in [6.07, 6.45) is 1.34. The Kier molecular flexibility index (Phi) is 5.30. The van der Waals surface area contributed by atoms with Crippen LogP contribution < -0.4 is 10.5 Å². The van der Waals surface area contributed by atoms with Gasteiger partial charge in [-0.05, 0) is 41.8 Å². The van der Waals surface area contributed by atoms with Gasteiger partial charge >= 0.3 is 0 Å². The number of rotatable bonds is 3. The number of carbonyl (C=O) groups excluding carboxylic acids is 1. The fraction of sp³-hybridized carbons (Fsp3) is 0.625. The van der Waals surface area contributed by atoms with Crippen LogP contribution in [0.5, 0.6) is 0 Å². The summed E-state index contributed by atoms with van der Waals surface area (Å²) in [6.45, 7) is 5.99. The third-order valence-corrected chi connectivity index (χ3v) is 4.86. The Morgan fingerprint density at radius 3 is 2.78 bits per heavy atom. The molecular weight excluding hydrogens is 320 g/mol. The van der Waals surface area contributed by atoms with Crippen LogP contribution >= 0.6 is 11.9 Å². The van der Waals surface area contributed by atoms with Crippen LogP contribution in [-0.4, -0.2) is 16.8 Å². The Bertz CT molecular complexity index is 575. The van der Waals surface area contributed by atoms with Crippen LogP contribution in [0, 0.1) is 17.3 Å². The predicted octanol–water partition coefficient (Wildman–Crippen LogP) is 4.08. The van der Waals surface area contributed by atoms with E-state index in [4.69, 9.17) is 5.14 Å². The average molecular weight is 343 g/mol. The molecule has 0 unspecified atom stereocenters. The topological polar surface area (TPSA) is 68.0 Å². The van der Waals surface area contributed by atoms with Crippen molar-refractivity contribution in [3.63, 3.8) is 0 Å². The molecule has 23 heavy (non-hydrogen) atoms. The first kappa shape index (κ1) is 18.1. The van der Waals surface area contributed by atoms with E-state index in [0.29, 0.717) is 17.1 Å². The maximum atomic E-state index is 13.8. The summed E-state index contributed by atoms with van der Waals surface area (Å²) in [6, 6.07) is 3.26. The van der Waals surface area contributed by atoms with Gasteiger partial charge in [-0.3, -0.25) is 9.93 Å². The Morgan fingerprint density at radius 2 is 2.17 bits per heavy atom. The summed E-state index contributed by atoms with van der Waals surface area (Å²) >= 11 is 0.968. The van der Waals surface area contributed by atoms with Crippen molar-refractivity contribution in [1.82, 2.24) is 4.98 Å². The zero-order valence-corrected chi connectivity index (χ0v) is 14.4. The third kappa shape index (κ3) is 4.64. The van der Waals surface area contributed by atoms with Crippen molar-refractivity contribution in [2.45, 2.75) is 51.0 Å². The second kappa shape index (κ2) is 6.73. The van der Waals surface area contributed by atoms with Gasteiger partial charge in [0.2, 0.25) is 11.8 Å². The number of anilines is 1. The molecule has 3 N–H and O–H groups in total. The molecule has 0 aromatic carbocycles. The standard InChI is InChI=1S/C16H23F2N3OS/c1-15(2,3)12-4-6-16(17,18)9-11(12)14(22)21-10-5-7-20-13(8-10)23-19/h5,7-8,11-12H,4,6,9,19H2,1-3H3,(H,20,21,22)/t11-,12-/m1/s1. The van der Waals surface area contributed by atoms with Crippen molar-refractivity contribution in [3.05, 3.63) is 18.3 Å². The number of halogens is 2. The summed E-state index contributed by atoms with van der Waals surface area (Å²) < 4.78 is 27.6. The molecule has 7 heteroatoms. The molecule has 1 aromatic rings. The van der Waals surface area contributed by atoms with E-state index in [1.807, 2.05) is 20.8 Å². The average Bonchev–Trinajstić information content (AvgIpc) is 2.45. The normalized spacial score (nSPS) is 24.3.